The van der Waals surface area contributed by atoms with Crippen molar-refractivity contribution in [2.24, 2.45) is 0 Å². The van der Waals surface area contributed by atoms with Crippen LogP contribution in [0.5, 0.6) is 0 Å². The monoisotopic (exact) mass is 170 g/mol. The largest absolute Gasteiger partial charge is 0.250 e. The Hall–Kier alpha value is -1.34. The number of nitrogens with one attached hydrogen (secondary N) is 1. The van der Waals surface area contributed by atoms with Crippen molar-refractivity contribution < 1.29 is 0 Å². The van der Waals surface area contributed by atoms with E-state index < -0.39 is 0 Å². The van der Waals surface area contributed by atoms with Crippen molar-refractivity contribution in [2.75, 3.05) is 0 Å². The van der Waals surface area contributed by atoms with Crippen molar-refractivity contribution in [1.29, 1.82) is 0 Å². The summed E-state index contributed by atoms with van der Waals surface area (Å²) in [5.74, 6) is 0. The first kappa shape index (κ1) is 8.27. The molecule has 0 saturated heterocycles. The van der Waals surface area contributed by atoms with Crippen molar-refractivity contribution in [3.8, 4) is 0 Å². The van der Waals surface area contributed by atoms with Gasteiger partial charge in [-0.25, -0.2) is 0 Å². The van der Waals surface area contributed by atoms with Crippen molar-refractivity contribution >= 4 is 10.8 Å². The van der Waals surface area contributed by atoms with Crippen molar-refractivity contribution in [3.05, 3.63) is 48.0 Å². The summed E-state index contributed by atoms with van der Waals surface area (Å²) in [4.78, 5) is 0. The molecule has 0 aliphatic heterocycles. The molecule has 65 valence electrons. The van der Waals surface area contributed by atoms with Crippen LogP contribution in [0.2, 0.25) is 0 Å². The molecule has 2 aromatic rings. The van der Waals surface area contributed by atoms with E-state index in [0.717, 1.165) is 5.56 Å². The highest BCUT2D eigenvalue weighted by atomic mass is 14.6. The minimum Gasteiger partial charge on any atom is -0.250 e. The highest BCUT2D eigenvalue weighted by Crippen LogP contribution is 2.22. The molecule has 0 amide bonds. The van der Waals surface area contributed by atoms with Gasteiger partial charge >= 0.3 is 0 Å². The highest BCUT2D eigenvalue weighted by Gasteiger charge is 2.03. The van der Waals surface area contributed by atoms with Gasteiger partial charge in [-0.15, -0.1) is 0 Å². The summed E-state index contributed by atoms with van der Waals surface area (Å²) in [7, 11) is 0. The Morgan fingerprint density at radius 1 is 1.00 bits per heavy atom. The van der Waals surface area contributed by atoms with Gasteiger partial charge in [-0.3, -0.25) is 5.73 Å². The lowest BCUT2D eigenvalue weighted by Gasteiger charge is -2.08. The zero-order chi connectivity index (χ0) is 9.26. The second-order valence-electron chi connectivity index (χ2n) is 3.29. The maximum atomic E-state index is 7.70. The van der Waals surface area contributed by atoms with Crippen LogP contribution < -0.4 is 5.73 Å². The summed E-state index contributed by atoms with van der Waals surface area (Å²) < 4.78 is 0. The first-order valence-corrected chi connectivity index (χ1v) is 4.48. The first-order chi connectivity index (χ1) is 6.29. The number of fused-ring (bicyclic) bond motifs is 1. The predicted molar refractivity (Wildman–Crippen MR) is 55.5 cm³/mol. The van der Waals surface area contributed by atoms with Gasteiger partial charge in [-0.1, -0.05) is 42.5 Å². The molecule has 1 nitrogen and oxygen atoms in total. The molecule has 1 atom stereocenters. The summed E-state index contributed by atoms with van der Waals surface area (Å²) >= 11 is 0. The smallest absolute Gasteiger partial charge is 0.0440 e. The van der Waals surface area contributed by atoms with Crippen LogP contribution in [0.3, 0.4) is 0 Å². The molecule has 0 fully saturated rings. The number of benzene rings is 2. The van der Waals surface area contributed by atoms with Crippen molar-refractivity contribution in [2.45, 2.75) is 13.0 Å². The Bertz CT molecular complexity index is 413. The SMILES string of the molecule is C[C@H]([NH])c1cccc2ccccc12. The molecule has 0 heterocycles. The minimum absolute atomic E-state index is 0.147. The zero-order valence-electron chi connectivity index (χ0n) is 7.62. The molecule has 2 rings (SSSR count). The number of hydrogen-bond acceptors (Lipinski definition) is 0. The molecule has 1 radical (unpaired) electrons. The molecule has 2 aromatic carbocycles. The fourth-order valence-corrected chi connectivity index (χ4v) is 1.63. The van der Waals surface area contributed by atoms with Crippen LogP contribution in [0.25, 0.3) is 10.8 Å². The average Bonchev–Trinajstić information content (AvgIpc) is 2.17. The van der Waals surface area contributed by atoms with E-state index in [4.69, 9.17) is 5.73 Å². The van der Waals surface area contributed by atoms with E-state index in [0.29, 0.717) is 0 Å². The topological polar surface area (TPSA) is 23.8 Å². The number of rotatable bonds is 1. The second-order valence-corrected chi connectivity index (χ2v) is 3.29. The van der Waals surface area contributed by atoms with E-state index in [1.807, 2.05) is 31.2 Å². The van der Waals surface area contributed by atoms with E-state index in [-0.39, 0.29) is 6.04 Å². The summed E-state index contributed by atoms with van der Waals surface area (Å²) in [5.41, 5.74) is 8.81. The predicted octanol–water partition coefficient (Wildman–Crippen LogP) is 3.18. The Kier molecular flexibility index (Phi) is 2.03. The standard InChI is InChI=1S/C12H12N/c1-9(13)11-8-4-6-10-5-2-3-7-12(10)11/h2-9,13H,1H3/t9-/m0/s1. The van der Waals surface area contributed by atoms with E-state index in [1.165, 1.54) is 10.8 Å². The van der Waals surface area contributed by atoms with Gasteiger partial charge in [0.25, 0.3) is 0 Å². The van der Waals surface area contributed by atoms with Crippen LogP contribution in [-0.4, -0.2) is 0 Å². The molecule has 0 aliphatic carbocycles. The maximum Gasteiger partial charge on any atom is 0.0440 e. The lowest BCUT2D eigenvalue weighted by molar-refractivity contribution is 0.795. The van der Waals surface area contributed by atoms with Crippen LogP contribution in [0.1, 0.15) is 18.5 Å². The van der Waals surface area contributed by atoms with Gasteiger partial charge in [0.1, 0.15) is 0 Å². The molecule has 13 heavy (non-hydrogen) atoms. The van der Waals surface area contributed by atoms with Gasteiger partial charge in [-0.05, 0) is 23.3 Å². The Morgan fingerprint density at radius 2 is 1.69 bits per heavy atom. The van der Waals surface area contributed by atoms with E-state index in [9.17, 15) is 0 Å². The van der Waals surface area contributed by atoms with Gasteiger partial charge < -0.3 is 0 Å². The fourth-order valence-electron chi connectivity index (χ4n) is 1.63. The molecule has 0 aromatic heterocycles. The van der Waals surface area contributed by atoms with E-state index in [2.05, 4.69) is 18.2 Å². The van der Waals surface area contributed by atoms with E-state index >= 15 is 0 Å². The van der Waals surface area contributed by atoms with Gasteiger partial charge in [-0.2, -0.15) is 0 Å². The third-order valence-electron chi connectivity index (χ3n) is 2.29. The summed E-state index contributed by atoms with van der Waals surface area (Å²) in [6, 6.07) is 14.2. The summed E-state index contributed by atoms with van der Waals surface area (Å²) in [6.45, 7) is 1.90. The molecule has 1 N–H and O–H groups in total. The number of hydrogen-bond donors (Lipinski definition) is 0. The van der Waals surface area contributed by atoms with Gasteiger partial charge in [0.15, 0.2) is 0 Å². The Labute approximate surface area is 78.2 Å². The summed E-state index contributed by atoms with van der Waals surface area (Å²) in [5, 5.41) is 2.42. The molecule has 0 unspecified atom stereocenters. The molecule has 0 aliphatic rings. The molecule has 0 spiro atoms. The normalized spacial score (nSPS) is 13.1. The fraction of sp³-hybridized carbons (Fsp3) is 0.167. The van der Waals surface area contributed by atoms with Crippen molar-refractivity contribution in [3.63, 3.8) is 0 Å². The van der Waals surface area contributed by atoms with Crippen LogP contribution >= 0.6 is 0 Å². The van der Waals surface area contributed by atoms with Gasteiger partial charge in [0.05, 0.1) is 0 Å². The zero-order valence-corrected chi connectivity index (χ0v) is 7.62. The lowest BCUT2D eigenvalue weighted by Crippen LogP contribution is -1.93. The Morgan fingerprint density at radius 3 is 2.46 bits per heavy atom. The molecular formula is C12H12N. The van der Waals surface area contributed by atoms with Gasteiger partial charge in [0, 0.05) is 6.04 Å². The van der Waals surface area contributed by atoms with Crippen LogP contribution in [0.15, 0.2) is 42.5 Å². The van der Waals surface area contributed by atoms with Crippen molar-refractivity contribution in [1.82, 2.24) is 5.73 Å². The minimum atomic E-state index is -0.147. The molecular weight excluding hydrogens is 158 g/mol. The molecule has 0 saturated carbocycles. The van der Waals surface area contributed by atoms with Crippen LogP contribution in [0.4, 0.5) is 0 Å². The quantitative estimate of drug-likeness (QED) is 0.627. The Balaban J connectivity index is 2.76. The first-order valence-electron chi connectivity index (χ1n) is 4.48. The van der Waals surface area contributed by atoms with Crippen LogP contribution in [-0.2, 0) is 0 Å². The molecule has 0 bridgehead atoms. The van der Waals surface area contributed by atoms with Crippen LogP contribution in [0, 0.1) is 0 Å². The maximum absolute atomic E-state index is 7.70. The molecule has 1 heteroatoms. The third kappa shape index (κ3) is 1.43. The lowest BCUT2D eigenvalue weighted by atomic mass is 10.0. The second kappa shape index (κ2) is 3.19. The third-order valence-corrected chi connectivity index (χ3v) is 2.29. The van der Waals surface area contributed by atoms with E-state index in [1.54, 1.807) is 0 Å². The highest BCUT2D eigenvalue weighted by molar-refractivity contribution is 5.85. The summed E-state index contributed by atoms with van der Waals surface area (Å²) in [6.07, 6.45) is 0. The average molecular weight is 170 g/mol. The van der Waals surface area contributed by atoms with Gasteiger partial charge in [0.2, 0.25) is 0 Å².